The van der Waals surface area contributed by atoms with Gasteiger partial charge in [-0.25, -0.2) is 4.68 Å². The third-order valence-electron chi connectivity index (χ3n) is 3.53. The highest BCUT2D eigenvalue weighted by Gasteiger charge is 2.12. The van der Waals surface area contributed by atoms with Crippen LogP contribution in [-0.4, -0.2) is 16.9 Å². The Hall–Kier alpha value is -1.94. The number of hydrogen-bond donors (Lipinski definition) is 0. The molecule has 1 fully saturated rings. The minimum absolute atomic E-state index is 0.625. The Bertz CT molecular complexity index is 699. The van der Waals surface area contributed by atoms with Crippen LogP contribution in [0.15, 0.2) is 58.5 Å². The molecule has 0 aliphatic heterocycles. The van der Waals surface area contributed by atoms with Gasteiger partial charge < -0.3 is 0 Å². The fourth-order valence-corrected chi connectivity index (χ4v) is 3.32. The highest BCUT2D eigenvalue weighted by Crippen LogP contribution is 2.21. The average molecular weight is 297 g/mol. The van der Waals surface area contributed by atoms with Crippen LogP contribution in [0.5, 0.6) is 0 Å². The van der Waals surface area contributed by atoms with Crippen molar-refractivity contribution in [3.8, 4) is 11.3 Å². The van der Waals surface area contributed by atoms with Gasteiger partial charge in [0.2, 0.25) is 4.80 Å². The third kappa shape index (κ3) is 3.22. The highest BCUT2D eigenvalue weighted by atomic mass is 32.1. The fraction of sp³-hybridized carbons (Fsp3) is 0.294. The summed E-state index contributed by atoms with van der Waals surface area (Å²) in [7, 11) is 0. The lowest BCUT2D eigenvalue weighted by Gasteiger charge is -2.04. The van der Waals surface area contributed by atoms with E-state index in [1.807, 2.05) is 16.8 Å². The number of hydrogen-bond acceptors (Lipinski definition) is 3. The Balaban J connectivity index is 2.10. The summed E-state index contributed by atoms with van der Waals surface area (Å²) in [6.45, 7) is 4.36. The van der Waals surface area contributed by atoms with Crippen LogP contribution in [-0.2, 0) is 0 Å². The topological polar surface area (TPSA) is 29.6 Å². The molecule has 0 N–H and O–H groups in total. The largest absolute Gasteiger partial charge is 0.253 e. The Kier molecular flexibility index (Phi) is 4.46. The lowest BCUT2D eigenvalue weighted by atomic mass is 10.2. The molecule has 3 rings (SSSR count). The number of aromatic nitrogens is 1. The van der Waals surface area contributed by atoms with E-state index in [2.05, 4.69) is 41.2 Å². The van der Waals surface area contributed by atoms with Crippen LogP contribution in [0.1, 0.15) is 25.7 Å². The van der Waals surface area contributed by atoms with Gasteiger partial charge in [0.15, 0.2) is 0 Å². The Morgan fingerprint density at radius 2 is 1.95 bits per heavy atom. The summed E-state index contributed by atoms with van der Waals surface area (Å²) < 4.78 is 2.00. The molecule has 0 saturated heterocycles. The second-order valence-electron chi connectivity index (χ2n) is 5.08. The number of rotatable bonds is 4. The molecule has 0 spiro atoms. The van der Waals surface area contributed by atoms with E-state index >= 15 is 0 Å². The van der Waals surface area contributed by atoms with E-state index < -0.39 is 0 Å². The maximum atomic E-state index is 4.86. The standard InChI is InChI=1S/C17H19N3S/c1-2-12-18-17-20(19-15-10-6-7-11-15)16(13-21-17)14-8-4-3-5-9-14/h2-5,8-9,13H,1,6-7,10-12H2. The van der Waals surface area contributed by atoms with Crippen LogP contribution in [0, 0.1) is 0 Å². The number of benzene rings is 1. The van der Waals surface area contributed by atoms with Crippen molar-refractivity contribution in [1.82, 2.24) is 4.68 Å². The van der Waals surface area contributed by atoms with Crippen LogP contribution in [0.3, 0.4) is 0 Å². The SMILES string of the molecule is C=CCN=c1scc(-c2ccccc2)n1N=C1CCCC1. The molecule has 0 atom stereocenters. The molecule has 108 valence electrons. The summed E-state index contributed by atoms with van der Waals surface area (Å²) in [5.74, 6) is 0. The lowest BCUT2D eigenvalue weighted by molar-refractivity contribution is 0.828. The Labute approximate surface area is 129 Å². The maximum Gasteiger partial charge on any atom is 0.206 e. The van der Waals surface area contributed by atoms with Crippen molar-refractivity contribution in [2.45, 2.75) is 25.7 Å². The molecule has 3 nitrogen and oxygen atoms in total. The molecule has 2 aromatic rings. The molecule has 1 saturated carbocycles. The van der Waals surface area contributed by atoms with Gasteiger partial charge in [-0.2, -0.15) is 5.10 Å². The molecule has 21 heavy (non-hydrogen) atoms. The van der Waals surface area contributed by atoms with Crippen LogP contribution in [0.2, 0.25) is 0 Å². The van der Waals surface area contributed by atoms with Gasteiger partial charge in [0, 0.05) is 16.7 Å². The van der Waals surface area contributed by atoms with Gasteiger partial charge in [0.05, 0.1) is 12.2 Å². The van der Waals surface area contributed by atoms with Gasteiger partial charge in [0.25, 0.3) is 0 Å². The van der Waals surface area contributed by atoms with Gasteiger partial charge in [0.1, 0.15) is 0 Å². The Morgan fingerprint density at radius 3 is 2.67 bits per heavy atom. The first kappa shape index (κ1) is 14.0. The van der Waals surface area contributed by atoms with E-state index in [-0.39, 0.29) is 0 Å². The molecular formula is C17H19N3S. The van der Waals surface area contributed by atoms with Crippen LogP contribution >= 0.6 is 11.3 Å². The van der Waals surface area contributed by atoms with Gasteiger partial charge in [-0.3, -0.25) is 4.99 Å². The molecule has 1 heterocycles. The first-order valence-corrected chi connectivity index (χ1v) is 8.20. The van der Waals surface area contributed by atoms with E-state index in [4.69, 9.17) is 5.10 Å². The predicted molar refractivity (Wildman–Crippen MR) is 89.7 cm³/mol. The second kappa shape index (κ2) is 6.68. The summed E-state index contributed by atoms with van der Waals surface area (Å²) in [6.07, 6.45) is 6.54. The summed E-state index contributed by atoms with van der Waals surface area (Å²) >= 11 is 1.64. The molecule has 1 aromatic heterocycles. The molecule has 1 aliphatic rings. The molecule has 1 aromatic carbocycles. The minimum atomic E-state index is 0.625. The zero-order valence-corrected chi connectivity index (χ0v) is 12.9. The molecule has 1 aliphatic carbocycles. The third-order valence-corrected chi connectivity index (χ3v) is 4.39. The summed E-state index contributed by atoms with van der Waals surface area (Å²) in [5, 5.41) is 7.00. The molecule has 0 radical (unpaired) electrons. The van der Waals surface area contributed by atoms with Crippen molar-refractivity contribution < 1.29 is 0 Å². The Morgan fingerprint density at radius 1 is 1.19 bits per heavy atom. The molecule has 0 unspecified atom stereocenters. The second-order valence-corrected chi connectivity index (χ2v) is 5.92. The van der Waals surface area contributed by atoms with E-state index in [0.717, 1.165) is 23.3 Å². The van der Waals surface area contributed by atoms with Gasteiger partial charge in [-0.1, -0.05) is 36.4 Å². The fourth-order valence-electron chi connectivity index (χ4n) is 2.48. The molecule has 0 amide bonds. The summed E-state index contributed by atoms with van der Waals surface area (Å²) in [4.78, 5) is 5.51. The summed E-state index contributed by atoms with van der Waals surface area (Å²) in [5.41, 5.74) is 3.57. The van der Waals surface area contributed by atoms with Gasteiger partial charge >= 0.3 is 0 Å². The molecule has 4 heteroatoms. The van der Waals surface area contributed by atoms with Crippen molar-refractivity contribution in [2.24, 2.45) is 10.1 Å². The monoisotopic (exact) mass is 297 g/mol. The van der Waals surface area contributed by atoms with E-state index in [1.165, 1.54) is 24.1 Å². The van der Waals surface area contributed by atoms with Crippen molar-refractivity contribution >= 4 is 17.0 Å². The van der Waals surface area contributed by atoms with Crippen LogP contribution in [0.25, 0.3) is 11.3 Å². The minimum Gasteiger partial charge on any atom is -0.253 e. The zero-order valence-electron chi connectivity index (χ0n) is 12.0. The average Bonchev–Trinajstić information content (AvgIpc) is 3.17. The predicted octanol–water partition coefficient (Wildman–Crippen LogP) is 4.08. The van der Waals surface area contributed by atoms with Crippen molar-refractivity contribution in [3.63, 3.8) is 0 Å². The molecule has 0 bridgehead atoms. The molecular weight excluding hydrogens is 278 g/mol. The maximum absolute atomic E-state index is 4.86. The number of thiazole rings is 1. The first-order chi connectivity index (χ1) is 10.4. The van der Waals surface area contributed by atoms with E-state index in [0.29, 0.717) is 6.54 Å². The van der Waals surface area contributed by atoms with Crippen molar-refractivity contribution in [3.05, 3.63) is 53.2 Å². The van der Waals surface area contributed by atoms with Crippen LogP contribution in [0.4, 0.5) is 0 Å². The lowest BCUT2D eigenvalue weighted by Crippen LogP contribution is -2.14. The first-order valence-electron chi connectivity index (χ1n) is 7.32. The van der Waals surface area contributed by atoms with Gasteiger partial charge in [-0.05, 0) is 25.7 Å². The van der Waals surface area contributed by atoms with E-state index in [1.54, 1.807) is 11.3 Å². The smallest absolute Gasteiger partial charge is 0.206 e. The van der Waals surface area contributed by atoms with Crippen molar-refractivity contribution in [1.29, 1.82) is 0 Å². The highest BCUT2D eigenvalue weighted by molar-refractivity contribution is 7.07. The quantitative estimate of drug-likeness (QED) is 0.761. The van der Waals surface area contributed by atoms with Crippen LogP contribution < -0.4 is 4.80 Å². The normalized spacial score (nSPS) is 15.4. The van der Waals surface area contributed by atoms with Crippen molar-refractivity contribution in [2.75, 3.05) is 6.54 Å². The van der Waals surface area contributed by atoms with E-state index in [9.17, 15) is 0 Å². The summed E-state index contributed by atoms with van der Waals surface area (Å²) in [6, 6.07) is 10.4. The zero-order chi connectivity index (χ0) is 14.5. The van der Waals surface area contributed by atoms with Gasteiger partial charge in [-0.15, -0.1) is 17.9 Å². The number of nitrogens with zero attached hydrogens (tertiary/aromatic N) is 3.